The maximum atomic E-state index is 5.25. The molecule has 2 aliphatic heterocycles. The van der Waals surface area contributed by atoms with E-state index < -0.39 is 0 Å². The van der Waals surface area contributed by atoms with Crippen molar-refractivity contribution in [2.45, 2.75) is 25.8 Å². The topological polar surface area (TPSA) is 54.4 Å². The molecule has 0 aromatic carbocycles. The molecule has 2 aromatic rings. The van der Waals surface area contributed by atoms with Gasteiger partial charge in [-0.15, -0.1) is 11.3 Å². The van der Waals surface area contributed by atoms with E-state index >= 15 is 0 Å². The predicted molar refractivity (Wildman–Crippen MR) is 94.5 cm³/mol. The summed E-state index contributed by atoms with van der Waals surface area (Å²) in [6.07, 6.45) is 7.28. The average molecular weight is 345 g/mol. The van der Waals surface area contributed by atoms with Crippen LogP contribution in [-0.2, 0) is 6.54 Å². The molecule has 0 radical (unpaired) electrons. The van der Waals surface area contributed by atoms with E-state index in [1.807, 2.05) is 12.3 Å². The Kier molecular flexibility index (Phi) is 4.37. The van der Waals surface area contributed by atoms with Crippen LogP contribution in [0.1, 0.15) is 24.3 Å². The lowest BCUT2D eigenvalue weighted by atomic mass is 9.79. The number of hydrogen-bond donors (Lipinski definition) is 0. The van der Waals surface area contributed by atoms with Gasteiger partial charge in [-0.2, -0.15) is 0 Å². The van der Waals surface area contributed by atoms with Gasteiger partial charge >= 0.3 is 0 Å². The molecule has 6 nitrogen and oxygen atoms in total. The van der Waals surface area contributed by atoms with Gasteiger partial charge in [-0.1, -0.05) is 0 Å². The van der Waals surface area contributed by atoms with Gasteiger partial charge in [0.1, 0.15) is 17.2 Å². The number of methoxy groups -OCH3 is 1. The van der Waals surface area contributed by atoms with E-state index in [1.54, 1.807) is 24.8 Å². The summed E-state index contributed by atoms with van der Waals surface area (Å²) in [5.41, 5.74) is 0.383. The summed E-state index contributed by atoms with van der Waals surface area (Å²) >= 11 is 1.75. The van der Waals surface area contributed by atoms with Crippen molar-refractivity contribution in [1.82, 2.24) is 19.9 Å². The molecular weight excluding hydrogens is 322 g/mol. The first-order valence-electron chi connectivity index (χ1n) is 8.48. The maximum absolute atomic E-state index is 5.25. The minimum Gasteiger partial charge on any atom is -0.481 e. The highest BCUT2D eigenvalue weighted by Gasteiger charge is 2.41. The van der Waals surface area contributed by atoms with Crippen LogP contribution in [0, 0.1) is 5.41 Å². The van der Waals surface area contributed by atoms with E-state index in [2.05, 4.69) is 30.1 Å². The number of aromatic nitrogens is 3. The molecule has 2 saturated heterocycles. The number of likely N-dealkylation sites (tertiary alicyclic amines) is 1. The number of anilines is 1. The van der Waals surface area contributed by atoms with Crippen LogP contribution in [0.25, 0.3) is 0 Å². The van der Waals surface area contributed by atoms with Gasteiger partial charge in [-0.25, -0.2) is 15.0 Å². The van der Waals surface area contributed by atoms with Gasteiger partial charge in [0, 0.05) is 42.7 Å². The van der Waals surface area contributed by atoms with Crippen LogP contribution in [-0.4, -0.2) is 53.1 Å². The van der Waals surface area contributed by atoms with E-state index in [0.29, 0.717) is 11.3 Å². The van der Waals surface area contributed by atoms with Crippen LogP contribution in [0.3, 0.4) is 0 Å². The van der Waals surface area contributed by atoms with Crippen molar-refractivity contribution < 1.29 is 4.74 Å². The second kappa shape index (κ2) is 6.64. The molecule has 7 heteroatoms. The molecule has 1 spiro atoms. The predicted octanol–water partition coefficient (Wildman–Crippen LogP) is 2.43. The first kappa shape index (κ1) is 15.8. The van der Waals surface area contributed by atoms with E-state index in [9.17, 15) is 0 Å². The number of hydrogen-bond acceptors (Lipinski definition) is 7. The Bertz CT molecular complexity index is 679. The Balaban J connectivity index is 1.44. The highest BCUT2D eigenvalue weighted by Crippen LogP contribution is 2.40. The first-order valence-corrected chi connectivity index (χ1v) is 9.36. The largest absolute Gasteiger partial charge is 0.481 e. The van der Waals surface area contributed by atoms with Crippen LogP contribution in [0.5, 0.6) is 5.88 Å². The van der Waals surface area contributed by atoms with Crippen molar-refractivity contribution in [2.24, 2.45) is 5.41 Å². The number of piperidine rings is 1. The maximum Gasteiger partial charge on any atom is 0.218 e. The fourth-order valence-corrected chi connectivity index (χ4v) is 4.69. The standard InChI is InChI=1S/C17H23N5OS/c1-23-15-9-14(19-13-20-15)22-6-2-3-17(12-22)4-7-21(11-17)10-16-18-5-8-24-16/h5,8-9,13H,2-4,6-7,10-12H2,1H3/t17-/m1/s1. The summed E-state index contributed by atoms with van der Waals surface area (Å²) < 4.78 is 5.25. The van der Waals surface area contributed by atoms with Gasteiger partial charge in [0.15, 0.2) is 0 Å². The summed E-state index contributed by atoms with van der Waals surface area (Å²) in [6, 6.07) is 1.95. The van der Waals surface area contributed by atoms with Gasteiger partial charge in [-0.3, -0.25) is 4.90 Å². The molecule has 4 heterocycles. The molecule has 0 bridgehead atoms. The van der Waals surface area contributed by atoms with E-state index in [0.717, 1.165) is 32.0 Å². The van der Waals surface area contributed by atoms with Crippen LogP contribution in [0.2, 0.25) is 0 Å². The van der Waals surface area contributed by atoms with Crippen LogP contribution in [0.4, 0.5) is 5.82 Å². The minimum atomic E-state index is 0.383. The number of thiazole rings is 1. The lowest BCUT2D eigenvalue weighted by molar-refractivity contribution is 0.216. The molecule has 0 aliphatic carbocycles. The van der Waals surface area contributed by atoms with Crippen molar-refractivity contribution in [3.05, 3.63) is 29.0 Å². The molecule has 1 atom stereocenters. The SMILES string of the molecule is COc1cc(N2CCC[C@]3(CCN(Cc4nccs4)C3)C2)ncn1. The highest BCUT2D eigenvalue weighted by molar-refractivity contribution is 7.09. The smallest absolute Gasteiger partial charge is 0.218 e. The number of ether oxygens (including phenoxy) is 1. The van der Waals surface area contributed by atoms with Gasteiger partial charge in [0.2, 0.25) is 5.88 Å². The second-order valence-electron chi connectivity index (χ2n) is 6.83. The van der Waals surface area contributed by atoms with Crippen molar-refractivity contribution in [3.63, 3.8) is 0 Å². The Morgan fingerprint density at radius 3 is 3.00 bits per heavy atom. The molecule has 2 aromatic heterocycles. The van der Waals surface area contributed by atoms with Crippen LogP contribution >= 0.6 is 11.3 Å². The van der Waals surface area contributed by atoms with Gasteiger partial charge < -0.3 is 9.64 Å². The molecule has 2 fully saturated rings. The third kappa shape index (κ3) is 3.23. The van der Waals surface area contributed by atoms with Crippen molar-refractivity contribution in [1.29, 1.82) is 0 Å². The molecule has 24 heavy (non-hydrogen) atoms. The summed E-state index contributed by atoms with van der Waals surface area (Å²) in [4.78, 5) is 18.0. The van der Waals surface area contributed by atoms with Crippen molar-refractivity contribution in [3.8, 4) is 5.88 Å². The first-order chi connectivity index (χ1) is 11.8. The molecule has 0 unspecified atom stereocenters. The zero-order valence-corrected chi connectivity index (χ0v) is 14.8. The molecule has 0 amide bonds. The lowest BCUT2D eigenvalue weighted by Crippen LogP contribution is -2.45. The highest BCUT2D eigenvalue weighted by atomic mass is 32.1. The normalized spacial score (nSPS) is 24.6. The third-order valence-electron chi connectivity index (χ3n) is 5.18. The van der Waals surface area contributed by atoms with Crippen LogP contribution < -0.4 is 9.64 Å². The van der Waals surface area contributed by atoms with Crippen molar-refractivity contribution >= 4 is 17.2 Å². The lowest BCUT2D eigenvalue weighted by Gasteiger charge is -2.41. The Morgan fingerprint density at radius 1 is 1.21 bits per heavy atom. The van der Waals surface area contributed by atoms with E-state index in [1.165, 1.54) is 30.8 Å². The average Bonchev–Trinajstić information content (AvgIpc) is 3.26. The summed E-state index contributed by atoms with van der Waals surface area (Å²) in [7, 11) is 1.65. The van der Waals surface area contributed by atoms with Gasteiger partial charge in [-0.05, 0) is 25.8 Å². The van der Waals surface area contributed by atoms with E-state index in [-0.39, 0.29) is 0 Å². The Hall–Kier alpha value is -1.73. The molecule has 4 rings (SSSR count). The summed E-state index contributed by atoms with van der Waals surface area (Å²) in [6.45, 7) is 5.45. The van der Waals surface area contributed by atoms with Crippen LogP contribution in [0.15, 0.2) is 24.0 Å². The molecule has 2 aliphatic rings. The summed E-state index contributed by atoms with van der Waals surface area (Å²) in [5.74, 6) is 1.62. The molecule has 0 saturated carbocycles. The second-order valence-corrected chi connectivity index (χ2v) is 7.81. The monoisotopic (exact) mass is 345 g/mol. The quantitative estimate of drug-likeness (QED) is 0.848. The zero-order chi connectivity index (χ0) is 16.4. The third-order valence-corrected chi connectivity index (χ3v) is 5.95. The molecule has 128 valence electrons. The molecule has 0 N–H and O–H groups in total. The van der Waals surface area contributed by atoms with Crippen molar-refractivity contribution in [2.75, 3.05) is 38.2 Å². The fourth-order valence-electron chi connectivity index (χ4n) is 4.04. The van der Waals surface area contributed by atoms with Gasteiger partial charge in [0.25, 0.3) is 0 Å². The Labute approximate surface area is 146 Å². The fraction of sp³-hybridized carbons (Fsp3) is 0.588. The molecular formula is C17H23N5OS. The summed E-state index contributed by atoms with van der Waals surface area (Å²) in [5, 5.41) is 3.28. The van der Waals surface area contributed by atoms with E-state index in [4.69, 9.17) is 4.74 Å². The number of rotatable bonds is 4. The number of nitrogens with zero attached hydrogens (tertiary/aromatic N) is 5. The zero-order valence-electron chi connectivity index (χ0n) is 14.0. The van der Waals surface area contributed by atoms with Gasteiger partial charge in [0.05, 0.1) is 13.7 Å². The minimum absolute atomic E-state index is 0.383. The Morgan fingerprint density at radius 2 is 2.17 bits per heavy atom.